The second-order valence-electron chi connectivity index (χ2n) is 4.47. The summed E-state index contributed by atoms with van der Waals surface area (Å²) in [6.07, 6.45) is 0. The topological polar surface area (TPSA) is 87.8 Å². The number of nitrogens with one attached hydrogen (secondary N) is 1. The van der Waals surface area contributed by atoms with E-state index < -0.39 is 4.92 Å². The van der Waals surface area contributed by atoms with Crippen molar-refractivity contribution < 1.29 is 9.72 Å². The summed E-state index contributed by atoms with van der Waals surface area (Å²) in [6.45, 7) is 0.660. The van der Waals surface area contributed by atoms with Crippen molar-refractivity contribution in [3.63, 3.8) is 0 Å². The van der Waals surface area contributed by atoms with Gasteiger partial charge in [0.2, 0.25) is 0 Å². The maximum absolute atomic E-state index is 11.8. The average Bonchev–Trinajstić information content (AvgIpc) is 2.48. The largest absolute Gasteiger partial charge is 0.341 e. The van der Waals surface area contributed by atoms with Crippen LogP contribution in [0.3, 0.4) is 0 Å². The van der Waals surface area contributed by atoms with Gasteiger partial charge in [-0.1, -0.05) is 12.1 Å². The summed E-state index contributed by atoms with van der Waals surface area (Å²) in [5.41, 5.74) is 2.91. The second-order valence-corrected chi connectivity index (χ2v) is 5.62. The van der Waals surface area contributed by atoms with Crippen LogP contribution < -0.4 is 5.43 Å². The molecule has 0 spiro atoms. The molecule has 2 aliphatic heterocycles. The van der Waals surface area contributed by atoms with E-state index in [9.17, 15) is 14.9 Å². The summed E-state index contributed by atoms with van der Waals surface area (Å²) in [7, 11) is 0. The first-order valence-corrected chi connectivity index (χ1v) is 7.29. The van der Waals surface area contributed by atoms with E-state index in [0.717, 1.165) is 5.75 Å². The highest BCUT2D eigenvalue weighted by Crippen LogP contribution is 2.26. The van der Waals surface area contributed by atoms with Crippen molar-refractivity contribution in [1.82, 2.24) is 10.3 Å². The van der Waals surface area contributed by atoms with E-state index in [0.29, 0.717) is 23.7 Å². The fourth-order valence-corrected chi connectivity index (χ4v) is 3.41. The van der Waals surface area contributed by atoms with Crippen LogP contribution in [-0.2, 0) is 4.79 Å². The number of carbonyl (C=O) groups excluding carboxylic acids is 1. The van der Waals surface area contributed by atoms with Gasteiger partial charge in [0.15, 0.2) is 5.84 Å². The Balaban J connectivity index is 2.05. The summed E-state index contributed by atoms with van der Waals surface area (Å²) in [5, 5.41) is 15.2. The van der Waals surface area contributed by atoms with Gasteiger partial charge in [0.05, 0.1) is 10.5 Å². The fourth-order valence-electron chi connectivity index (χ4n) is 2.36. The van der Waals surface area contributed by atoms with Gasteiger partial charge < -0.3 is 4.90 Å². The molecule has 8 heteroatoms. The minimum absolute atomic E-state index is 0.000578. The van der Waals surface area contributed by atoms with Crippen molar-refractivity contribution >= 4 is 29.2 Å². The molecule has 1 unspecified atom stereocenters. The highest BCUT2D eigenvalue weighted by atomic mass is 32.2. The molecule has 1 aromatic rings. The van der Waals surface area contributed by atoms with Gasteiger partial charge in [-0.25, -0.2) is 5.43 Å². The molecule has 1 saturated heterocycles. The normalized spacial score (nSPS) is 21.8. The standard InChI is InChI=1S/C12H12N4O3S/c17-12-10-7-20-6-5-15(10)11(13-14-12)8-3-1-2-4-9(8)16(18)19/h1-4,10H,5-7H2,(H,14,17). The van der Waals surface area contributed by atoms with E-state index in [1.807, 2.05) is 4.90 Å². The molecule has 104 valence electrons. The lowest BCUT2D eigenvalue weighted by Gasteiger charge is -2.38. The predicted molar refractivity (Wildman–Crippen MR) is 75.6 cm³/mol. The molecule has 3 rings (SSSR count). The van der Waals surface area contributed by atoms with Gasteiger partial charge in [-0.15, -0.1) is 0 Å². The summed E-state index contributed by atoms with van der Waals surface area (Å²) < 4.78 is 0. The summed E-state index contributed by atoms with van der Waals surface area (Å²) in [4.78, 5) is 24.4. The van der Waals surface area contributed by atoms with Gasteiger partial charge in [0.25, 0.3) is 11.6 Å². The number of fused-ring (bicyclic) bond motifs is 1. The van der Waals surface area contributed by atoms with Crippen LogP contribution in [0, 0.1) is 10.1 Å². The zero-order chi connectivity index (χ0) is 14.1. The Hall–Kier alpha value is -2.09. The van der Waals surface area contributed by atoms with Crippen molar-refractivity contribution in [1.29, 1.82) is 0 Å². The van der Waals surface area contributed by atoms with E-state index in [1.54, 1.807) is 30.0 Å². The first-order valence-electron chi connectivity index (χ1n) is 6.14. The number of nitrogens with zero attached hydrogens (tertiary/aromatic N) is 3. The molecule has 0 radical (unpaired) electrons. The lowest BCUT2D eigenvalue weighted by atomic mass is 10.1. The third kappa shape index (κ3) is 2.11. The zero-order valence-electron chi connectivity index (χ0n) is 10.5. The molecule has 0 bridgehead atoms. The molecule has 0 aliphatic carbocycles. The average molecular weight is 292 g/mol. The number of carbonyl (C=O) groups is 1. The van der Waals surface area contributed by atoms with Crippen LogP contribution in [0.15, 0.2) is 29.4 Å². The number of nitro benzene ring substituents is 1. The molecule has 2 aliphatic rings. The van der Waals surface area contributed by atoms with Crippen molar-refractivity contribution in [3.8, 4) is 0 Å². The quantitative estimate of drug-likeness (QED) is 0.643. The molecular formula is C12H12N4O3S. The van der Waals surface area contributed by atoms with E-state index >= 15 is 0 Å². The zero-order valence-corrected chi connectivity index (χ0v) is 11.3. The predicted octanol–water partition coefficient (Wildman–Crippen LogP) is 0.804. The number of benzene rings is 1. The maximum atomic E-state index is 11.8. The molecule has 0 aromatic heterocycles. The Bertz CT molecular complexity index is 604. The molecular weight excluding hydrogens is 280 g/mol. The van der Waals surface area contributed by atoms with Crippen molar-refractivity contribution in [2.75, 3.05) is 18.1 Å². The Labute approximate surface area is 119 Å². The van der Waals surface area contributed by atoms with Gasteiger partial charge >= 0.3 is 0 Å². The minimum Gasteiger partial charge on any atom is -0.341 e. The first-order chi connectivity index (χ1) is 9.68. The van der Waals surface area contributed by atoms with Crippen LogP contribution >= 0.6 is 11.8 Å². The molecule has 1 fully saturated rings. The minimum atomic E-state index is -0.429. The number of thioether (sulfide) groups is 1. The molecule has 2 heterocycles. The fraction of sp³-hybridized carbons (Fsp3) is 0.333. The second kappa shape index (κ2) is 5.12. The molecule has 7 nitrogen and oxygen atoms in total. The summed E-state index contributed by atoms with van der Waals surface area (Å²) in [5.74, 6) is 1.87. The molecule has 0 saturated carbocycles. The van der Waals surface area contributed by atoms with E-state index in [-0.39, 0.29) is 17.6 Å². The van der Waals surface area contributed by atoms with Crippen LogP contribution in [0.2, 0.25) is 0 Å². The molecule has 1 N–H and O–H groups in total. The van der Waals surface area contributed by atoms with E-state index in [4.69, 9.17) is 0 Å². The molecule has 1 aromatic carbocycles. The van der Waals surface area contributed by atoms with E-state index in [1.165, 1.54) is 6.07 Å². The van der Waals surface area contributed by atoms with Crippen LogP contribution in [0.5, 0.6) is 0 Å². The van der Waals surface area contributed by atoms with Crippen molar-refractivity contribution in [2.24, 2.45) is 5.10 Å². The highest BCUT2D eigenvalue weighted by Gasteiger charge is 2.37. The van der Waals surface area contributed by atoms with Crippen LogP contribution in [0.25, 0.3) is 0 Å². The maximum Gasteiger partial charge on any atom is 0.280 e. The number of amides is 1. The number of para-hydroxylation sites is 1. The highest BCUT2D eigenvalue weighted by molar-refractivity contribution is 7.99. The van der Waals surface area contributed by atoms with Crippen molar-refractivity contribution in [2.45, 2.75) is 6.04 Å². The lowest BCUT2D eigenvalue weighted by molar-refractivity contribution is -0.385. The number of hydrazone groups is 1. The SMILES string of the molecule is O=C1NN=C(c2ccccc2[N+](=O)[O-])N2CCSCC12. The van der Waals surface area contributed by atoms with Crippen LogP contribution in [0.1, 0.15) is 5.56 Å². The number of nitro groups is 1. The lowest BCUT2D eigenvalue weighted by Crippen LogP contribution is -2.57. The van der Waals surface area contributed by atoms with Gasteiger partial charge in [-0.3, -0.25) is 14.9 Å². The number of rotatable bonds is 2. The number of amidine groups is 1. The smallest absolute Gasteiger partial charge is 0.280 e. The third-order valence-electron chi connectivity index (χ3n) is 3.32. The Morgan fingerprint density at radius 2 is 2.25 bits per heavy atom. The van der Waals surface area contributed by atoms with E-state index in [2.05, 4.69) is 10.5 Å². The van der Waals surface area contributed by atoms with Gasteiger partial charge in [-0.2, -0.15) is 16.9 Å². The van der Waals surface area contributed by atoms with Gasteiger partial charge in [0, 0.05) is 24.1 Å². The third-order valence-corrected chi connectivity index (χ3v) is 4.34. The van der Waals surface area contributed by atoms with Gasteiger partial charge in [0.1, 0.15) is 6.04 Å². The monoisotopic (exact) mass is 292 g/mol. The van der Waals surface area contributed by atoms with Crippen LogP contribution in [-0.4, -0.2) is 45.7 Å². The van der Waals surface area contributed by atoms with Gasteiger partial charge in [-0.05, 0) is 6.07 Å². The summed E-state index contributed by atoms with van der Waals surface area (Å²) >= 11 is 1.70. The Kier molecular flexibility index (Phi) is 3.31. The van der Waals surface area contributed by atoms with Crippen molar-refractivity contribution in [3.05, 3.63) is 39.9 Å². The number of hydrogen-bond donors (Lipinski definition) is 1. The Morgan fingerprint density at radius 1 is 1.45 bits per heavy atom. The van der Waals surface area contributed by atoms with Crippen LogP contribution in [0.4, 0.5) is 5.69 Å². The summed E-state index contributed by atoms with van der Waals surface area (Å²) in [6, 6.07) is 6.15. The molecule has 1 atom stereocenters. The Morgan fingerprint density at radius 3 is 3.05 bits per heavy atom. The number of hydrogen-bond acceptors (Lipinski definition) is 6. The molecule has 20 heavy (non-hydrogen) atoms. The molecule has 1 amide bonds. The first kappa shape index (κ1) is 12.9.